The van der Waals surface area contributed by atoms with Crippen LogP contribution in [-0.2, 0) is 0 Å². The van der Waals surface area contributed by atoms with Crippen molar-refractivity contribution in [1.29, 1.82) is 0 Å². The summed E-state index contributed by atoms with van der Waals surface area (Å²) in [5.74, 6) is 2.92. The SMILES string of the molecule is CC[Si](CC)(CC)C(Oc1ccccc1)c1ccc(O)c(C(Oc2ccccc2)[Si](CC)(CC)CC)c1C(Oc1ccccc1)[Si](CC)(CC)CC. The van der Waals surface area contributed by atoms with Gasteiger partial charge in [-0.15, -0.1) is 0 Å². The first-order valence-electron chi connectivity index (χ1n) is 20.2. The van der Waals surface area contributed by atoms with Crippen LogP contribution in [0.25, 0.3) is 0 Å². The van der Waals surface area contributed by atoms with Gasteiger partial charge in [0.05, 0.1) is 0 Å². The van der Waals surface area contributed by atoms with Crippen LogP contribution in [0.4, 0.5) is 0 Å². The van der Waals surface area contributed by atoms with Gasteiger partial charge in [0.1, 0.15) is 64.4 Å². The van der Waals surface area contributed by atoms with Crippen molar-refractivity contribution in [3.05, 3.63) is 120 Å². The molecule has 0 fully saturated rings. The Morgan fingerprint density at radius 2 is 0.673 bits per heavy atom. The van der Waals surface area contributed by atoms with Gasteiger partial charge in [0.25, 0.3) is 0 Å². The van der Waals surface area contributed by atoms with Crippen molar-refractivity contribution in [2.75, 3.05) is 0 Å². The highest BCUT2D eigenvalue weighted by Crippen LogP contribution is 2.52. The van der Waals surface area contributed by atoms with Crippen LogP contribution in [0, 0.1) is 0 Å². The van der Waals surface area contributed by atoms with E-state index in [4.69, 9.17) is 14.2 Å². The number of benzene rings is 4. The fourth-order valence-electron chi connectivity index (χ4n) is 8.76. The molecule has 282 valence electrons. The molecule has 0 bridgehead atoms. The van der Waals surface area contributed by atoms with E-state index in [0.717, 1.165) is 82.8 Å². The van der Waals surface area contributed by atoms with Crippen LogP contribution >= 0.6 is 0 Å². The van der Waals surface area contributed by atoms with Crippen molar-refractivity contribution < 1.29 is 19.3 Å². The Morgan fingerprint density at radius 3 is 1.00 bits per heavy atom. The fraction of sp³-hybridized carbons (Fsp3) is 0.467. The predicted octanol–water partition coefficient (Wildman–Crippen LogP) is 13.9. The van der Waals surface area contributed by atoms with Crippen molar-refractivity contribution in [2.24, 2.45) is 0 Å². The average Bonchev–Trinajstić information content (AvgIpc) is 3.20. The minimum absolute atomic E-state index is 0.137. The number of para-hydroxylation sites is 3. The van der Waals surface area contributed by atoms with Crippen LogP contribution in [0.1, 0.15) is 96.2 Å². The molecule has 4 rings (SSSR count). The largest absolute Gasteiger partial charge is 0.508 e. The molecule has 52 heavy (non-hydrogen) atoms. The van der Waals surface area contributed by atoms with Crippen molar-refractivity contribution in [2.45, 2.75) is 134 Å². The Kier molecular flexibility index (Phi) is 15.3. The lowest BCUT2D eigenvalue weighted by molar-refractivity contribution is 0.234. The molecule has 0 aliphatic carbocycles. The number of rotatable bonds is 21. The van der Waals surface area contributed by atoms with Crippen LogP contribution in [0.5, 0.6) is 23.0 Å². The molecule has 4 nitrogen and oxygen atoms in total. The van der Waals surface area contributed by atoms with Gasteiger partial charge in [0.15, 0.2) is 0 Å². The molecule has 1 N–H and O–H groups in total. The second-order valence-electron chi connectivity index (χ2n) is 14.7. The van der Waals surface area contributed by atoms with Crippen LogP contribution in [-0.4, -0.2) is 29.3 Å². The molecular formula is C45H66O4Si3. The summed E-state index contributed by atoms with van der Waals surface area (Å²) in [4.78, 5) is 0. The van der Waals surface area contributed by atoms with E-state index in [1.165, 1.54) is 5.56 Å². The van der Waals surface area contributed by atoms with E-state index in [2.05, 4.69) is 153 Å². The number of phenols is 1. The molecule has 0 saturated heterocycles. The van der Waals surface area contributed by atoms with Crippen LogP contribution in [0.2, 0.25) is 54.4 Å². The van der Waals surface area contributed by atoms with Crippen molar-refractivity contribution in [3.8, 4) is 23.0 Å². The highest BCUT2D eigenvalue weighted by atomic mass is 28.3. The first kappa shape index (κ1) is 41.5. The Morgan fingerprint density at radius 1 is 0.385 bits per heavy atom. The van der Waals surface area contributed by atoms with E-state index >= 15 is 0 Å². The smallest absolute Gasteiger partial charge is 0.122 e. The third-order valence-corrected chi connectivity index (χ3v) is 30.4. The summed E-state index contributed by atoms with van der Waals surface area (Å²) < 4.78 is 22.2. The van der Waals surface area contributed by atoms with Gasteiger partial charge in [-0.25, -0.2) is 0 Å². The van der Waals surface area contributed by atoms with Crippen LogP contribution in [0.15, 0.2) is 103 Å². The molecule has 0 radical (unpaired) electrons. The van der Waals surface area contributed by atoms with Crippen LogP contribution in [0.3, 0.4) is 0 Å². The van der Waals surface area contributed by atoms with E-state index in [-0.39, 0.29) is 17.2 Å². The molecule has 0 aromatic heterocycles. The van der Waals surface area contributed by atoms with Gasteiger partial charge in [-0.3, -0.25) is 0 Å². The molecule has 4 aromatic carbocycles. The van der Waals surface area contributed by atoms with Crippen molar-refractivity contribution in [1.82, 2.24) is 0 Å². The van der Waals surface area contributed by atoms with Gasteiger partial charge in [-0.05, 0) is 48.0 Å². The van der Waals surface area contributed by atoms with Crippen LogP contribution < -0.4 is 14.2 Å². The second-order valence-corrected chi connectivity index (χ2v) is 30.8. The maximum Gasteiger partial charge on any atom is 0.122 e. The first-order chi connectivity index (χ1) is 25.2. The molecule has 7 heteroatoms. The molecule has 3 atom stereocenters. The Bertz CT molecular complexity index is 1600. The molecule has 0 amide bonds. The lowest BCUT2D eigenvalue weighted by Gasteiger charge is -2.45. The molecular weight excluding hydrogens is 689 g/mol. The zero-order valence-corrected chi connectivity index (χ0v) is 36.6. The third-order valence-electron chi connectivity index (χ3n) is 13.1. The summed E-state index contributed by atoms with van der Waals surface area (Å²) in [6.45, 7) is 21.2. The van der Waals surface area contributed by atoms with Gasteiger partial charge in [-0.1, -0.05) is 177 Å². The highest BCUT2D eigenvalue weighted by molar-refractivity contribution is 6.82. The standard InChI is InChI=1S/C45H66O4Si3/c1-10-50(11-2,12-3)43(47-36-28-22-19-23-29-36)39-34-35-40(46)42(45(52(16-7,17-8)18-9)49-38-32-26-21-27-33-38)41(39)44(51(13-4,14-5)15-6)48-37-30-24-20-25-31-37/h19-35,43-46H,10-18H2,1-9H3. The summed E-state index contributed by atoms with van der Waals surface area (Å²) in [6.07, 6.45) is 0. The molecule has 3 unspecified atom stereocenters. The first-order valence-corrected chi connectivity index (χ1v) is 28.3. The third kappa shape index (κ3) is 8.58. The second kappa shape index (κ2) is 19.2. The highest BCUT2D eigenvalue weighted by Gasteiger charge is 2.50. The zero-order chi connectivity index (χ0) is 37.8. The number of ether oxygens (including phenoxy) is 3. The summed E-state index contributed by atoms with van der Waals surface area (Å²) >= 11 is 0. The lowest BCUT2D eigenvalue weighted by atomic mass is 10.00. The van der Waals surface area contributed by atoms with Gasteiger partial charge in [0, 0.05) is 11.1 Å². The Labute approximate surface area is 319 Å². The Balaban J connectivity index is 2.24. The number of hydrogen-bond acceptors (Lipinski definition) is 4. The summed E-state index contributed by atoms with van der Waals surface area (Å²) in [7, 11) is -6.56. The Hall–Kier alpha value is -3.27. The van der Waals surface area contributed by atoms with Gasteiger partial charge < -0.3 is 19.3 Å². The van der Waals surface area contributed by atoms with Crippen molar-refractivity contribution in [3.63, 3.8) is 0 Å². The van der Waals surface area contributed by atoms with Gasteiger partial charge >= 0.3 is 0 Å². The maximum absolute atomic E-state index is 12.5. The number of hydrogen-bond donors (Lipinski definition) is 1. The minimum atomic E-state index is -2.22. The molecule has 0 heterocycles. The van der Waals surface area contributed by atoms with E-state index in [1.807, 2.05) is 12.1 Å². The maximum atomic E-state index is 12.5. The minimum Gasteiger partial charge on any atom is -0.508 e. The van der Waals surface area contributed by atoms with E-state index in [0.29, 0.717) is 5.75 Å². The normalized spacial score (nSPS) is 14.0. The molecule has 0 spiro atoms. The molecule has 0 aliphatic rings. The van der Waals surface area contributed by atoms with Crippen molar-refractivity contribution >= 4 is 24.2 Å². The lowest BCUT2D eigenvalue weighted by Crippen LogP contribution is -2.48. The van der Waals surface area contributed by atoms with Gasteiger partial charge in [0.2, 0.25) is 0 Å². The molecule has 0 saturated carbocycles. The topological polar surface area (TPSA) is 47.9 Å². The number of phenolic OH excluding ortho intramolecular Hbond substituents is 1. The molecule has 0 aliphatic heterocycles. The summed E-state index contributed by atoms with van der Waals surface area (Å²) in [5.41, 5.74) is 2.64. The average molecular weight is 755 g/mol. The van der Waals surface area contributed by atoms with E-state index < -0.39 is 24.2 Å². The van der Waals surface area contributed by atoms with E-state index in [1.54, 1.807) is 0 Å². The summed E-state index contributed by atoms with van der Waals surface area (Å²) in [5, 5.41) is 12.5. The van der Waals surface area contributed by atoms with E-state index in [9.17, 15) is 5.11 Å². The monoisotopic (exact) mass is 754 g/mol. The molecule has 4 aromatic rings. The fourth-order valence-corrected chi connectivity index (χ4v) is 20.5. The quantitative estimate of drug-likeness (QED) is 0.0861. The zero-order valence-electron chi connectivity index (χ0n) is 33.6. The summed E-state index contributed by atoms with van der Waals surface area (Å²) in [6, 6.07) is 44.8. The van der Waals surface area contributed by atoms with Gasteiger partial charge in [-0.2, -0.15) is 0 Å². The number of aromatic hydroxyl groups is 1. The predicted molar refractivity (Wildman–Crippen MR) is 229 cm³/mol.